The highest BCUT2D eigenvalue weighted by molar-refractivity contribution is 7.14. The number of rotatable bonds is 6. The minimum Gasteiger partial charge on any atom is -0.480 e. The van der Waals surface area contributed by atoms with Crippen molar-refractivity contribution < 1.29 is 14.7 Å². The number of carbonyl (C=O) groups is 2. The Labute approximate surface area is 126 Å². The molecule has 21 heavy (non-hydrogen) atoms. The van der Waals surface area contributed by atoms with Crippen LogP contribution in [0.4, 0.5) is 0 Å². The van der Waals surface area contributed by atoms with Crippen LogP contribution in [0.5, 0.6) is 0 Å². The van der Waals surface area contributed by atoms with Crippen molar-refractivity contribution in [3.05, 3.63) is 39.6 Å². The number of H-pyrrole nitrogens is 1. The van der Waals surface area contributed by atoms with E-state index in [9.17, 15) is 14.7 Å². The third-order valence-electron chi connectivity index (χ3n) is 3.21. The van der Waals surface area contributed by atoms with Gasteiger partial charge in [-0.15, -0.1) is 11.3 Å². The van der Waals surface area contributed by atoms with Crippen molar-refractivity contribution in [2.75, 3.05) is 0 Å². The van der Waals surface area contributed by atoms with Gasteiger partial charge in [-0.25, -0.2) is 9.78 Å². The summed E-state index contributed by atoms with van der Waals surface area (Å²) in [7, 11) is 0. The number of aromatic nitrogens is 2. The summed E-state index contributed by atoms with van der Waals surface area (Å²) in [6.07, 6.45) is 4.05. The quantitative estimate of drug-likeness (QED) is 0.758. The first-order valence-corrected chi connectivity index (χ1v) is 7.43. The highest BCUT2D eigenvalue weighted by Crippen LogP contribution is 2.22. The molecule has 1 atom stereocenters. The zero-order valence-corrected chi connectivity index (χ0v) is 12.7. The first-order valence-electron chi connectivity index (χ1n) is 6.61. The van der Waals surface area contributed by atoms with Gasteiger partial charge in [0.05, 0.1) is 11.2 Å². The number of carboxylic acid groups (broad SMARTS) is 1. The van der Waals surface area contributed by atoms with Gasteiger partial charge in [-0.05, 0) is 25.0 Å². The lowest BCUT2D eigenvalue weighted by molar-refractivity contribution is -0.139. The van der Waals surface area contributed by atoms with Crippen LogP contribution >= 0.6 is 11.3 Å². The van der Waals surface area contributed by atoms with Crippen molar-refractivity contribution in [2.24, 2.45) is 0 Å². The number of carboxylic acids is 1. The molecule has 0 aliphatic rings. The van der Waals surface area contributed by atoms with Crippen LogP contribution in [-0.4, -0.2) is 33.0 Å². The van der Waals surface area contributed by atoms with Gasteiger partial charge in [-0.3, -0.25) is 4.79 Å². The number of aryl methyl sites for hydroxylation is 2. The predicted molar refractivity (Wildman–Crippen MR) is 79.6 cm³/mol. The van der Waals surface area contributed by atoms with Gasteiger partial charge in [0.15, 0.2) is 0 Å². The van der Waals surface area contributed by atoms with Crippen molar-refractivity contribution in [2.45, 2.75) is 32.7 Å². The number of amides is 1. The molecule has 0 saturated carbocycles. The molecule has 0 bridgehead atoms. The first kappa shape index (κ1) is 15.2. The van der Waals surface area contributed by atoms with Gasteiger partial charge < -0.3 is 15.4 Å². The molecule has 2 rings (SSSR count). The number of carbonyl (C=O) groups excluding carboxylic acids is 1. The molecule has 6 nitrogen and oxygen atoms in total. The molecule has 0 fully saturated rings. The molecule has 112 valence electrons. The smallest absolute Gasteiger partial charge is 0.326 e. The number of nitrogens with one attached hydrogen (secondary N) is 2. The van der Waals surface area contributed by atoms with Gasteiger partial charge in [0.25, 0.3) is 5.91 Å². The van der Waals surface area contributed by atoms with Crippen LogP contribution in [0.3, 0.4) is 0 Å². The van der Waals surface area contributed by atoms with Crippen LogP contribution in [0.25, 0.3) is 0 Å². The zero-order valence-electron chi connectivity index (χ0n) is 11.8. The summed E-state index contributed by atoms with van der Waals surface area (Å²) >= 11 is 1.38. The molecule has 0 saturated heterocycles. The van der Waals surface area contributed by atoms with E-state index in [-0.39, 0.29) is 12.3 Å². The minimum atomic E-state index is -1.07. The van der Waals surface area contributed by atoms with Crippen LogP contribution in [0.2, 0.25) is 0 Å². The lowest BCUT2D eigenvalue weighted by Crippen LogP contribution is -2.42. The fraction of sp³-hybridized carbons (Fsp3) is 0.357. The summed E-state index contributed by atoms with van der Waals surface area (Å²) < 4.78 is 0. The number of aromatic amines is 1. The first-order chi connectivity index (χ1) is 10.0. The Morgan fingerprint density at radius 3 is 2.81 bits per heavy atom. The fourth-order valence-electron chi connectivity index (χ4n) is 2.03. The molecule has 1 amide bonds. The van der Waals surface area contributed by atoms with E-state index < -0.39 is 12.0 Å². The van der Waals surface area contributed by atoms with E-state index in [1.165, 1.54) is 17.7 Å². The van der Waals surface area contributed by atoms with E-state index >= 15 is 0 Å². The topological polar surface area (TPSA) is 95.1 Å². The number of nitrogens with zero attached hydrogens (tertiary/aromatic N) is 1. The third-order valence-corrected chi connectivity index (χ3v) is 4.30. The molecule has 0 aromatic carbocycles. The fourth-order valence-corrected chi connectivity index (χ4v) is 3.05. The van der Waals surface area contributed by atoms with Crippen LogP contribution in [0.15, 0.2) is 18.6 Å². The average Bonchev–Trinajstić information content (AvgIpc) is 3.07. The molecular weight excluding hydrogens is 290 g/mol. The highest BCUT2D eigenvalue weighted by Gasteiger charge is 2.22. The van der Waals surface area contributed by atoms with Gasteiger partial charge in [-0.1, -0.05) is 6.92 Å². The molecule has 2 aromatic heterocycles. The summed E-state index contributed by atoms with van der Waals surface area (Å²) in [5.74, 6) is -1.42. The normalized spacial score (nSPS) is 12.1. The van der Waals surface area contributed by atoms with E-state index in [1.54, 1.807) is 6.20 Å². The molecule has 0 aliphatic heterocycles. The minimum absolute atomic E-state index is 0.173. The monoisotopic (exact) mass is 307 g/mol. The lowest BCUT2D eigenvalue weighted by Gasteiger charge is -2.12. The molecule has 0 aliphatic carbocycles. The van der Waals surface area contributed by atoms with Crippen LogP contribution in [0.1, 0.15) is 32.7 Å². The Morgan fingerprint density at radius 2 is 2.29 bits per heavy atom. The van der Waals surface area contributed by atoms with Crippen molar-refractivity contribution in [1.82, 2.24) is 15.3 Å². The largest absolute Gasteiger partial charge is 0.480 e. The number of hydrogen-bond donors (Lipinski definition) is 3. The highest BCUT2D eigenvalue weighted by atomic mass is 32.1. The molecule has 7 heteroatoms. The molecule has 2 aromatic rings. The maximum Gasteiger partial charge on any atom is 0.326 e. The molecular formula is C14H17N3O3S. The van der Waals surface area contributed by atoms with Crippen LogP contribution in [-0.2, 0) is 17.6 Å². The van der Waals surface area contributed by atoms with Gasteiger partial charge in [-0.2, -0.15) is 0 Å². The number of hydrogen-bond acceptors (Lipinski definition) is 4. The van der Waals surface area contributed by atoms with Gasteiger partial charge >= 0.3 is 5.97 Å². The van der Waals surface area contributed by atoms with E-state index in [0.717, 1.165) is 16.9 Å². The van der Waals surface area contributed by atoms with Crippen LogP contribution in [0, 0.1) is 6.92 Å². The Kier molecular flexibility index (Phi) is 4.74. The second-order valence-electron chi connectivity index (χ2n) is 4.69. The number of aliphatic carboxylic acids is 1. The molecule has 0 unspecified atom stereocenters. The molecule has 0 radical (unpaired) electrons. The summed E-state index contributed by atoms with van der Waals surface area (Å²) in [6, 6.07) is 0.843. The third kappa shape index (κ3) is 3.69. The number of thiophene rings is 1. The Morgan fingerprint density at radius 1 is 1.52 bits per heavy atom. The van der Waals surface area contributed by atoms with Gasteiger partial charge in [0.1, 0.15) is 6.04 Å². The lowest BCUT2D eigenvalue weighted by atomic mass is 10.1. The van der Waals surface area contributed by atoms with Crippen molar-refractivity contribution in [1.29, 1.82) is 0 Å². The summed E-state index contributed by atoms with van der Waals surface area (Å²) in [5.41, 5.74) is 1.78. The standard InChI is InChI=1S/C14H17N3O3S/c1-3-9-4-12(21-8(9)2)13(18)17-11(14(19)20)5-10-6-15-7-16-10/h4,6-7,11H,3,5H2,1-2H3,(H,15,16)(H,17,18)(H,19,20)/t11-/m1/s1. The maximum atomic E-state index is 12.2. The summed E-state index contributed by atoms with van der Waals surface area (Å²) in [6.45, 7) is 3.98. The maximum absolute atomic E-state index is 12.2. The van der Waals surface area contributed by atoms with E-state index in [2.05, 4.69) is 15.3 Å². The summed E-state index contributed by atoms with van der Waals surface area (Å²) in [5, 5.41) is 11.8. The SMILES string of the molecule is CCc1cc(C(=O)N[C@H](Cc2cnc[nH]2)C(=O)O)sc1C. The number of imidazole rings is 1. The zero-order chi connectivity index (χ0) is 15.4. The van der Waals surface area contributed by atoms with E-state index in [4.69, 9.17) is 0 Å². The van der Waals surface area contributed by atoms with Gasteiger partial charge in [0.2, 0.25) is 0 Å². The Bertz CT molecular complexity index is 634. The van der Waals surface area contributed by atoms with E-state index in [0.29, 0.717) is 10.6 Å². The summed E-state index contributed by atoms with van der Waals surface area (Å²) in [4.78, 5) is 31.8. The van der Waals surface area contributed by atoms with Gasteiger partial charge in [0, 0.05) is 23.2 Å². The molecule has 2 heterocycles. The van der Waals surface area contributed by atoms with Crippen molar-refractivity contribution in [3.8, 4) is 0 Å². The molecule has 0 spiro atoms. The van der Waals surface area contributed by atoms with Crippen molar-refractivity contribution >= 4 is 23.2 Å². The average molecular weight is 307 g/mol. The molecule has 3 N–H and O–H groups in total. The second-order valence-corrected chi connectivity index (χ2v) is 5.95. The van der Waals surface area contributed by atoms with Crippen molar-refractivity contribution in [3.63, 3.8) is 0 Å². The van der Waals surface area contributed by atoms with E-state index in [1.807, 2.05) is 19.9 Å². The Balaban J connectivity index is 2.08. The predicted octanol–water partition coefficient (Wildman–Crippen LogP) is 1.77. The second kappa shape index (κ2) is 6.53. The van der Waals surface area contributed by atoms with Crippen LogP contribution < -0.4 is 5.32 Å². The Hall–Kier alpha value is -2.15.